The number of para-hydroxylation sites is 1. The van der Waals surface area contributed by atoms with E-state index in [0.29, 0.717) is 13.2 Å². The predicted molar refractivity (Wildman–Crippen MR) is 80.8 cm³/mol. The highest BCUT2D eigenvalue weighted by Crippen LogP contribution is 2.07. The van der Waals surface area contributed by atoms with E-state index in [1.807, 2.05) is 44.2 Å². The molecule has 0 aliphatic heterocycles. The van der Waals surface area contributed by atoms with Crippen molar-refractivity contribution in [1.82, 2.24) is 10.6 Å². The van der Waals surface area contributed by atoms with Crippen molar-refractivity contribution in [3.05, 3.63) is 30.3 Å². The molecule has 2 amide bonds. The third-order valence-electron chi connectivity index (χ3n) is 2.88. The Bertz CT molecular complexity index is 449. The van der Waals surface area contributed by atoms with Crippen LogP contribution in [0.15, 0.2) is 30.3 Å². The number of nitrogens with two attached hydrogens (primary N) is 1. The van der Waals surface area contributed by atoms with Crippen LogP contribution >= 0.6 is 0 Å². The largest absolute Gasteiger partial charge is 0.492 e. The molecule has 116 valence electrons. The Labute approximate surface area is 125 Å². The van der Waals surface area contributed by atoms with Gasteiger partial charge in [-0.05, 0) is 18.1 Å². The van der Waals surface area contributed by atoms with E-state index in [0.717, 1.165) is 5.75 Å². The molecule has 0 spiro atoms. The van der Waals surface area contributed by atoms with Crippen molar-refractivity contribution < 1.29 is 14.3 Å². The number of rotatable bonds is 8. The summed E-state index contributed by atoms with van der Waals surface area (Å²) in [7, 11) is 0. The van der Waals surface area contributed by atoms with Crippen molar-refractivity contribution in [2.24, 2.45) is 11.7 Å². The fourth-order valence-electron chi connectivity index (χ4n) is 1.53. The van der Waals surface area contributed by atoms with E-state index in [4.69, 9.17) is 10.5 Å². The zero-order valence-corrected chi connectivity index (χ0v) is 12.5. The average molecular weight is 293 g/mol. The molecule has 1 aromatic carbocycles. The monoisotopic (exact) mass is 293 g/mol. The second-order valence-electron chi connectivity index (χ2n) is 5.00. The van der Waals surface area contributed by atoms with Crippen LogP contribution in [0.5, 0.6) is 5.75 Å². The summed E-state index contributed by atoms with van der Waals surface area (Å²) in [4.78, 5) is 23.1. The molecule has 0 fully saturated rings. The molecule has 6 nitrogen and oxygen atoms in total. The first-order valence-electron chi connectivity index (χ1n) is 6.98. The molecule has 0 aliphatic rings. The standard InChI is InChI=1S/C15H23N3O3/c1-11(2)14(16)15(20)18-10-13(19)17-8-9-21-12-6-4-3-5-7-12/h3-7,11,14H,8-10,16H2,1-2H3,(H,17,19)(H,18,20)/t14-/m0/s1. The molecule has 1 rings (SSSR count). The summed E-state index contributed by atoms with van der Waals surface area (Å²) < 4.78 is 5.43. The maximum absolute atomic E-state index is 11.6. The van der Waals surface area contributed by atoms with Crippen LogP contribution in [0.1, 0.15) is 13.8 Å². The highest BCUT2D eigenvalue weighted by Gasteiger charge is 2.17. The lowest BCUT2D eigenvalue weighted by Gasteiger charge is -2.15. The van der Waals surface area contributed by atoms with E-state index in [-0.39, 0.29) is 24.3 Å². The Hall–Kier alpha value is -2.08. The van der Waals surface area contributed by atoms with Crippen molar-refractivity contribution in [2.75, 3.05) is 19.7 Å². The van der Waals surface area contributed by atoms with Gasteiger partial charge in [0.2, 0.25) is 11.8 Å². The third-order valence-corrected chi connectivity index (χ3v) is 2.88. The summed E-state index contributed by atoms with van der Waals surface area (Å²) in [5.74, 6) is 0.201. The lowest BCUT2D eigenvalue weighted by Crippen LogP contribution is -2.47. The number of nitrogens with one attached hydrogen (secondary N) is 2. The lowest BCUT2D eigenvalue weighted by molar-refractivity contribution is -0.127. The summed E-state index contributed by atoms with van der Waals surface area (Å²) in [6.07, 6.45) is 0. The van der Waals surface area contributed by atoms with Gasteiger partial charge in [-0.3, -0.25) is 9.59 Å². The average Bonchev–Trinajstić information content (AvgIpc) is 2.49. The van der Waals surface area contributed by atoms with Crippen LogP contribution in [-0.2, 0) is 9.59 Å². The highest BCUT2D eigenvalue weighted by molar-refractivity contribution is 5.87. The summed E-state index contributed by atoms with van der Waals surface area (Å²) in [5, 5.41) is 5.16. The van der Waals surface area contributed by atoms with Gasteiger partial charge in [0.15, 0.2) is 0 Å². The van der Waals surface area contributed by atoms with Gasteiger partial charge in [0, 0.05) is 0 Å². The van der Waals surface area contributed by atoms with E-state index >= 15 is 0 Å². The fourth-order valence-corrected chi connectivity index (χ4v) is 1.53. The number of amides is 2. The van der Waals surface area contributed by atoms with E-state index in [9.17, 15) is 9.59 Å². The minimum absolute atomic E-state index is 0.0346. The van der Waals surface area contributed by atoms with E-state index in [1.54, 1.807) is 0 Å². The summed E-state index contributed by atoms with van der Waals surface area (Å²) in [6.45, 7) is 4.37. The van der Waals surface area contributed by atoms with Crippen molar-refractivity contribution in [1.29, 1.82) is 0 Å². The van der Waals surface area contributed by atoms with Crippen LogP contribution in [0.2, 0.25) is 0 Å². The molecule has 0 aromatic heterocycles. The smallest absolute Gasteiger partial charge is 0.239 e. The number of carbonyl (C=O) groups is 2. The van der Waals surface area contributed by atoms with Crippen molar-refractivity contribution in [2.45, 2.75) is 19.9 Å². The molecule has 21 heavy (non-hydrogen) atoms. The van der Waals surface area contributed by atoms with Crippen LogP contribution in [0.3, 0.4) is 0 Å². The normalized spacial score (nSPS) is 11.8. The topological polar surface area (TPSA) is 93.5 Å². The maximum Gasteiger partial charge on any atom is 0.239 e. The number of carbonyl (C=O) groups excluding carboxylic acids is 2. The Morgan fingerprint density at radius 2 is 1.86 bits per heavy atom. The number of hydrogen-bond acceptors (Lipinski definition) is 4. The first kappa shape index (κ1) is 17.0. The second-order valence-corrected chi connectivity index (χ2v) is 5.00. The molecule has 1 atom stereocenters. The quantitative estimate of drug-likeness (QED) is 0.600. The predicted octanol–water partition coefficient (Wildman–Crippen LogP) is 0.281. The molecule has 4 N–H and O–H groups in total. The molecule has 0 heterocycles. The van der Waals surface area contributed by atoms with Gasteiger partial charge in [0.05, 0.1) is 19.1 Å². The molecular weight excluding hydrogens is 270 g/mol. The molecule has 6 heteroatoms. The lowest BCUT2D eigenvalue weighted by atomic mass is 10.1. The van der Waals surface area contributed by atoms with Gasteiger partial charge in [-0.2, -0.15) is 0 Å². The van der Waals surface area contributed by atoms with Gasteiger partial charge >= 0.3 is 0 Å². The molecule has 0 saturated carbocycles. The Morgan fingerprint density at radius 1 is 1.19 bits per heavy atom. The Balaban J connectivity index is 2.13. The zero-order valence-electron chi connectivity index (χ0n) is 12.5. The fraction of sp³-hybridized carbons (Fsp3) is 0.467. The summed E-state index contributed by atoms with van der Waals surface area (Å²) in [5.41, 5.74) is 5.67. The minimum Gasteiger partial charge on any atom is -0.492 e. The van der Waals surface area contributed by atoms with E-state index in [1.165, 1.54) is 0 Å². The van der Waals surface area contributed by atoms with Crippen LogP contribution in [0, 0.1) is 5.92 Å². The number of ether oxygens (including phenoxy) is 1. The van der Waals surface area contributed by atoms with Gasteiger partial charge in [-0.25, -0.2) is 0 Å². The SMILES string of the molecule is CC(C)[C@H](N)C(=O)NCC(=O)NCCOc1ccccc1. The molecular formula is C15H23N3O3. The molecule has 0 aliphatic carbocycles. The third kappa shape index (κ3) is 6.76. The van der Waals surface area contributed by atoms with Gasteiger partial charge in [0.25, 0.3) is 0 Å². The van der Waals surface area contributed by atoms with Gasteiger partial charge in [-0.15, -0.1) is 0 Å². The first-order valence-corrected chi connectivity index (χ1v) is 6.98. The van der Waals surface area contributed by atoms with E-state index < -0.39 is 6.04 Å². The summed E-state index contributed by atoms with van der Waals surface area (Å²) in [6, 6.07) is 8.74. The van der Waals surface area contributed by atoms with Gasteiger partial charge < -0.3 is 21.1 Å². The zero-order chi connectivity index (χ0) is 15.7. The van der Waals surface area contributed by atoms with Crippen molar-refractivity contribution in [3.63, 3.8) is 0 Å². The van der Waals surface area contributed by atoms with E-state index in [2.05, 4.69) is 10.6 Å². The second kappa shape index (κ2) is 8.97. The molecule has 0 saturated heterocycles. The number of benzene rings is 1. The van der Waals surface area contributed by atoms with Gasteiger partial charge in [0.1, 0.15) is 12.4 Å². The minimum atomic E-state index is -0.598. The van der Waals surface area contributed by atoms with Crippen LogP contribution in [0.25, 0.3) is 0 Å². The molecule has 1 aromatic rings. The molecule has 0 radical (unpaired) electrons. The van der Waals surface area contributed by atoms with Crippen molar-refractivity contribution >= 4 is 11.8 Å². The number of hydrogen-bond donors (Lipinski definition) is 3. The highest BCUT2D eigenvalue weighted by atomic mass is 16.5. The summed E-state index contributed by atoms with van der Waals surface area (Å²) >= 11 is 0. The van der Waals surface area contributed by atoms with Crippen LogP contribution in [0.4, 0.5) is 0 Å². The molecule has 0 bridgehead atoms. The van der Waals surface area contributed by atoms with Crippen LogP contribution in [-0.4, -0.2) is 37.6 Å². The molecule has 0 unspecified atom stereocenters. The van der Waals surface area contributed by atoms with Gasteiger partial charge in [-0.1, -0.05) is 32.0 Å². The first-order chi connectivity index (χ1) is 10.0. The maximum atomic E-state index is 11.6. The van der Waals surface area contributed by atoms with Crippen LogP contribution < -0.4 is 21.1 Å². The Kier molecular flexibility index (Phi) is 7.25. The Morgan fingerprint density at radius 3 is 2.48 bits per heavy atom. The van der Waals surface area contributed by atoms with Crippen molar-refractivity contribution in [3.8, 4) is 5.75 Å².